The summed E-state index contributed by atoms with van der Waals surface area (Å²) in [6, 6.07) is 15.2. The van der Waals surface area contributed by atoms with Gasteiger partial charge in [-0.2, -0.15) is 0 Å². The van der Waals surface area contributed by atoms with Gasteiger partial charge in [-0.25, -0.2) is 0 Å². The number of rotatable bonds is 4. The molecule has 2 aromatic rings. The Kier molecular flexibility index (Phi) is 4.74. The van der Waals surface area contributed by atoms with Gasteiger partial charge in [-0.3, -0.25) is 14.9 Å². The van der Waals surface area contributed by atoms with E-state index in [1.807, 2.05) is 30.7 Å². The van der Waals surface area contributed by atoms with E-state index in [9.17, 15) is 0 Å². The Balaban J connectivity index is 1.48. The number of piperidine rings is 1. The smallest absolute Gasteiger partial charge is 0.0524 e. The number of benzene rings is 1. The summed E-state index contributed by atoms with van der Waals surface area (Å²) in [6.07, 6.45) is 7.90. The van der Waals surface area contributed by atoms with Crippen LogP contribution in [0.1, 0.15) is 24.0 Å². The Bertz CT molecular complexity index is 558. The van der Waals surface area contributed by atoms with Gasteiger partial charge in [0.15, 0.2) is 0 Å². The van der Waals surface area contributed by atoms with Crippen LogP contribution in [-0.2, 0) is 6.54 Å². The largest absolute Gasteiger partial charge is 0.299 e. The van der Waals surface area contributed by atoms with Gasteiger partial charge in [-0.05, 0) is 36.1 Å². The summed E-state index contributed by atoms with van der Waals surface area (Å²) < 4.78 is 0. The Morgan fingerprint density at radius 3 is 2.48 bits per heavy atom. The molecule has 1 fully saturated rings. The van der Waals surface area contributed by atoms with Crippen molar-refractivity contribution in [2.45, 2.75) is 25.4 Å². The lowest BCUT2D eigenvalue weighted by Crippen LogP contribution is -2.34. The predicted octanol–water partition coefficient (Wildman–Crippen LogP) is 3.17. The lowest BCUT2D eigenvalue weighted by atomic mass is 10.0. The molecular weight excluding hydrogens is 258 g/mol. The molecule has 108 valence electrons. The normalized spacial score (nSPS) is 17.3. The molecule has 2 heterocycles. The average Bonchev–Trinajstić information content (AvgIpc) is 2.56. The van der Waals surface area contributed by atoms with Crippen LogP contribution < -0.4 is 0 Å². The van der Waals surface area contributed by atoms with Gasteiger partial charge in [0.25, 0.3) is 0 Å². The molecule has 3 heteroatoms. The van der Waals surface area contributed by atoms with E-state index in [1.165, 1.54) is 5.56 Å². The third kappa shape index (κ3) is 4.23. The number of nitrogens with zero attached hydrogens (tertiary/aromatic N) is 3. The van der Waals surface area contributed by atoms with Crippen LogP contribution in [0.15, 0.2) is 59.9 Å². The molecule has 0 amide bonds. The second-order valence-electron chi connectivity index (χ2n) is 5.55. The van der Waals surface area contributed by atoms with Gasteiger partial charge in [-0.1, -0.05) is 30.3 Å². The summed E-state index contributed by atoms with van der Waals surface area (Å²) >= 11 is 0. The van der Waals surface area contributed by atoms with Crippen molar-refractivity contribution >= 4 is 6.21 Å². The van der Waals surface area contributed by atoms with Crippen molar-refractivity contribution in [3.05, 3.63) is 66.0 Å². The number of hydrogen-bond donors (Lipinski definition) is 0. The second-order valence-corrected chi connectivity index (χ2v) is 5.55. The maximum absolute atomic E-state index is 4.72. The second kappa shape index (κ2) is 7.14. The Hall–Kier alpha value is -2.00. The summed E-state index contributed by atoms with van der Waals surface area (Å²) in [6.45, 7) is 3.32. The highest BCUT2D eigenvalue weighted by Crippen LogP contribution is 2.16. The van der Waals surface area contributed by atoms with Crippen molar-refractivity contribution in [3.8, 4) is 0 Å². The molecule has 0 aliphatic carbocycles. The van der Waals surface area contributed by atoms with Gasteiger partial charge >= 0.3 is 0 Å². The van der Waals surface area contributed by atoms with Crippen LogP contribution >= 0.6 is 0 Å². The summed E-state index contributed by atoms with van der Waals surface area (Å²) in [5, 5.41) is 0. The predicted molar refractivity (Wildman–Crippen MR) is 86.6 cm³/mol. The van der Waals surface area contributed by atoms with Crippen molar-refractivity contribution < 1.29 is 0 Å². The van der Waals surface area contributed by atoms with Crippen molar-refractivity contribution in [2.24, 2.45) is 4.99 Å². The molecule has 3 nitrogen and oxygen atoms in total. The van der Waals surface area contributed by atoms with Gasteiger partial charge in [0.2, 0.25) is 0 Å². The Morgan fingerprint density at radius 2 is 1.76 bits per heavy atom. The minimum atomic E-state index is 0.463. The quantitative estimate of drug-likeness (QED) is 0.804. The molecule has 0 N–H and O–H groups in total. The molecule has 1 aliphatic heterocycles. The fraction of sp³-hybridized carbons (Fsp3) is 0.333. The van der Waals surface area contributed by atoms with Crippen molar-refractivity contribution in [1.29, 1.82) is 0 Å². The maximum Gasteiger partial charge on any atom is 0.0524 e. The zero-order chi connectivity index (χ0) is 14.3. The Labute approximate surface area is 126 Å². The van der Waals surface area contributed by atoms with Gasteiger partial charge in [0, 0.05) is 38.2 Å². The van der Waals surface area contributed by atoms with E-state index >= 15 is 0 Å². The van der Waals surface area contributed by atoms with E-state index < -0.39 is 0 Å². The standard InChI is InChI=1S/C18H21N3/c1-2-4-17(5-3-1)15-21-12-8-18(9-13-21)20-14-16-6-10-19-11-7-16/h1-7,10-11,14,18H,8-9,12-13,15H2/b20-14+. The summed E-state index contributed by atoms with van der Waals surface area (Å²) in [5.74, 6) is 0. The fourth-order valence-corrected chi connectivity index (χ4v) is 2.71. The van der Waals surface area contributed by atoms with Gasteiger partial charge in [-0.15, -0.1) is 0 Å². The van der Waals surface area contributed by atoms with Gasteiger partial charge < -0.3 is 0 Å². The molecule has 1 aromatic heterocycles. The van der Waals surface area contributed by atoms with Crippen molar-refractivity contribution in [1.82, 2.24) is 9.88 Å². The molecule has 1 aromatic carbocycles. The highest BCUT2D eigenvalue weighted by molar-refractivity contribution is 5.79. The monoisotopic (exact) mass is 279 g/mol. The van der Waals surface area contributed by atoms with Gasteiger partial charge in [0.1, 0.15) is 0 Å². The number of aromatic nitrogens is 1. The first-order valence-corrected chi connectivity index (χ1v) is 7.59. The van der Waals surface area contributed by atoms with Gasteiger partial charge in [0.05, 0.1) is 6.04 Å². The fourth-order valence-electron chi connectivity index (χ4n) is 2.71. The number of pyridine rings is 1. The van der Waals surface area contributed by atoms with E-state index in [0.29, 0.717) is 6.04 Å². The SMILES string of the molecule is C(=N\C1CCN(Cc2ccccc2)CC1)/c1ccncc1. The van der Waals surface area contributed by atoms with Crippen LogP contribution in [0.3, 0.4) is 0 Å². The third-order valence-corrected chi connectivity index (χ3v) is 3.95. The van der Waals surface area contributed by atoms with E-state index in [0.717, 1.165) is 38.0 Å². The summed E-state index contributed by atoms with van der Waals surface area (Å²) in [7, 11) is 0. The van der Waals surface area contributed by atoms with E-state index in [4.69, 9.17) is 4.99 Å². The van der Waals surface area contributed by atoms with Crippen LogP contribution in [0.5, 0.6) is 0 Å². The number of hydrogen-bond acceptors (Lipinski definition) is 3. The van der Waals surface area contributed by atoms with E-state index in [1.54, 1.807) is 0 Å². The maximum atomic E-state index is 4.72. The number of likely N-dealkylation sites (tertiary alicyclic amines) is 1. The van der Waals surface area contributed by atoms with E-state index in [2.05, 4.69) is 40.2 Å². The van der Waals surface area contributed by atoms with Crippen LogP contribution in [0.4, 0.5) is 0 Å². The molecule has 21 heavy (non-hydrogen) atoms. The molecule has 1 saturated heterocycles. The van der Waals surface area contributed by atoms with Crippen molar-refractivity contribution in [3.63, 3.8) is 0 Å². The molecule has 0 radical (unpaired) electrons. The number of aliphatic imine (C=N–C) groups is 1. The highest BCUT2D eigenvalue weighted by Gasteiger charge is 2.17. The minimum absolute atomic E-state index is 0.463. The van der Waals surface area contributed by atoms with Crippen LogP contribution in [-0.4, -0.2) is 35.2 Å². The first kappa shape index (κ1) is 14.0. The molecule has 0 saturated carbocycles. The summed E-state index contributed by atoms with van der Waals surface area (Å²) in [5.41, 5.74) is 2.54. The first-order chi connectivity index (χ1) is 10.4. The molecule has 0 unspecified atom stereocenters. The minimum Gasteiger partial charge on any atom is -0.299 e. The average molecular weight is 279 g/mol. The topological polar surface area (TPSA) is 28.5 Å². The zero-order valence-electron chi connectivity index (χ0n) is 12.2. The first-order valence-electron chi connectivity index (χ1n) is 7.59. The van der Waals surface area contributed by atoms with Crippen LogP contribution in [0.25, 0.3) is 0 Å². The van der Waals surface area contributed by atoms with Crippen LogP contribution in [0, 0.1) is 0 Å². The zero-order valence-corrected chi connectivity index (χ0v) is 12.2. The lowest BCUT2D eigenvalue weighted by Gasteiger charge is -2.30. The molecule has 3 rings (SSSR count). The molecular formula is C18H21N3. The summed E-state index contributed by atoms with van der Waals surface area (Å²) in [4.78, 5) is 11.3. The molecule has 1 aliphatic rings. The van der Waals surface area contributed by atoms with Crippen molar-refractivity contribution in [2.75, 3.05) is 13.1 Å². The molecule has 0 atom stereocenters. The lowest BCUT2D eigenvalue weighted by molar-refractivity contribution is 0.206. The third-order valence-electron chi connectivity index (χ3n) is 3.95. The molecule has 0 bridgehead atoms. The van der Waals surface area contributed by atoms with E-state index in [-0.39, 0.29) is 0 Å². The molecule has 0 spiro atoms. The van der Waals surface area contributed by atoms with Crippen LogP contribution in [0.2, 0.25) is 0 Å². The highest BCUT2D eigenvalue weighted by atomic mass is 15.1. The Morgan fingerprint density at radius 1 is 1.05 bits per heavy atom.